The average Bonchev–Trinajstić information content (AvgIpc) is 2.71. The van der Waals surface area contributed by atoms with Gasteiger partial charge in [-0.25, -0.2) is 4.98 Å². The molecule has 2 rings (SSSR count). The minimum absolute atomic E-state index is 0.156. The zero-order chi connectivity index (χ0) is 14.3. The van der Waals surface area contributed by atoms with Gasteiger partial charge in [0.15, 0.2) is 0 Å². The van der Waals surface area contributed by atoms with Crippen molar-refractivity contribution in [3.63, 3.8) is 0 Å². The number of thiazole rings is 1. The fourth-order valence-corrected chi connectivity index (χ4v) is 4.12. The Hall–Kier alpha value is -0.410. The van der Waals surface area contributed by atoms with Crippen LogP contribution in [0.15, 0.2) is 5.38 Å². The molecule has 0 unspecified atom stereocenters. The second-order valence-electron chi connectivity index (χ2n) is 7.31. The number of rotatable bonds is 4. The zero-order valence-corrected chi connectivity index (χ0v) is 14.0. The second-order valence-corrected chi connectivity index (χ2v) is 8.17. The Morgan fingerprint density at radius 1 is 1.42 bits per heavy atom. The predicted molar refractivity (Wildman–Crippen MR) is 83.7 cm³/mol. The van der Waals surface area contributed by atoms with E-state index in [-0.39, 0.29) is 11.0 Å². The molecule has 1 N–H and O–H groups in total. The van der Waals surface area contributed by atoms with E-state index in [9.17, 15) is 0 Å². The van der Waals surface area contributed by atoms with Crippen molar-refractivity contribution in [2.45, 2.75) is 65.3 Å². The highest BCUT2D eigenvalue weighted by Gasteiger charge is 2.48. The molecule has 0 atom stereocenters. The van der Waals surface area contributed by atoms with Gasteiger partial charge in [-0.05, 0) is 31.2 Å². The number of hydrogen-bond donors (Lipinski definition) is 1. The summed E-state index contributed by atoms with van der Waals surface area (Å²) in [5.41, 5.74) is 1.55. The lowest BCUT2D eigenvalue weighted by Crippen LogP contribution is -2.53. The summed E-state index contributed by atoms with van der Waals surface area (Å²) in [5.74, 6) is 1.63. The molecule has 0 spiro atoms. The van der Waals surface area contributed by atoms with E-state index in [1.165, 1.54) is 23.5 Å². The molecule has 1 heterocycles. The van der Waals surface area contributed by atoms with Crippen molar-refractivity contribution >= 4 is 11.3 Å². The van der Waals surface area contributed by atoms with Crippen molar-refractivity contribution < 1.29 is 0 Å². The van der Waals surface area contributed by atoms with Gasteiger partial charge in [-0.1, -0.05) is 41.5 Å². The maximum absolute atomic E-state index is 4.94. The van der Waals surface area contributed by atoms with E-state index >= 15 is 0 Å². The first-order valence-corrected chi connectivity index (χ1v) is 8.38. The Labute approximate surface area is 122 Å². The van der Waals surface area contributed by atoms with Gasteiger partial charge in [-0.15, -0.1) is 11.3 Å². The van der Waals surface area contributed by atoms with E-state index in [0.717, 1.165) is 18.4 Å². The number of nitrogens with zero attached hydrogens (tertiary/aromatic N) is 1. The third-order valence-corrected chi connectivity index (χ3v) is 5.41. The zero-order valence-electron chi connectivity index (χ0n) is 13.2. The van der Waals surface area contributed by atoms with Crippen LogP contribution < -0.4 is 5.32 Å². The lowest BCUT2D eigenvalue weighted by Gasteiger charge is -2.49. The first-order valence-electron chi connectivity index (χ1n) is 7.50. The maximum Gasteiger partial charge on any atom is 0.113 e. The molecule has 3 heteroatoms. The lowest BCUT2D eigenvalue weighted by molar-refractivity contribution is 0.0691. The summed E-state index contributed by atoms with van der Waals surface area (Å²) < 4.78 is 0. The van der Waals surface area contributed by atoms with Gasteiger partial charge in [-0.3, -0.25) is 0 Å². The Balaban J connectivity index is 2.20. The monoisotopic (exact) mass is 280 g/mol. The third-order valence-electron chi connectivity index (χ3n) is 4.36. The fourth-order valence-electron chi connectivity index (χ4n) is 2.88. The van der Waals surface area contributed by atoms with Crippen molar-refractivity contribution in [1.29, 1.82) is 0 Å². The van der Waals surface area contributed by atoms with Crippen molar-refractivity contribution in [3.8, 4) is 0 Å². The van der Waals surface area contributed by atoms with Crippen LogP contribution in [0.4, 0.5) is 0 Å². The quantitative estimate of drug-likeness (QED) is 0.889. The standard InChI is InChI=1S/C16H28N2S/c1-7-17-16(8-12(9-16)11(2)3)14-18-13(10-19-14)15(4,5)6/h10-12,17H,7-9H2,1-6H3. The summed E-state index contributed by atoms with van der Waals surface area (Å²) in [7, 11) is 0. The van der Waals surface area contributed by atoms with Crippen LogP contribution >= 0.6 is 11.3 Å². The average molecular weight is 280 g/mol. The van der Waals surface area contributed by atoms with Gasteiger partial charge < -0.3 is 5.32 Å². The van der Waals surface area contributed by atoms with Crippen LogP contribution in [0.25, 0.3) is 0 Å². The summed E-state index contributed by atoms with van der Waals surface area (Å²) in [6.45, 7) is 14.6. The smallest absolute Gasteiger partial charge is 0.113 e. The molecule has 1 aromatic heterocycles. The molecule has 2 nitrogen and oxygen atoms in total. The Bertz CT molecular complexity index is 422. The van der Waals surface area contributed by atoms with E-state index in [1.54, 1.807) is 0 Å². The van der Waals surface area contributed by atoms with Gasteiger partial charge in [-0.2, -0.15) is 0 Å². The van der Waals surface area contributed by atoms with Crippen LogP contribution in [0.1, 0.15) is 65.1 Å². The van der Waals surface area contributed by atoms with Crippen molar-refractivity contribution in [3.05, 3.63) is 16.1 Å². The van der Waals surface area contributed by atoms with Crippen LogP contribution in [0, 0.1) is 11.8 Å². The van der Waals surface area contributed by atoms with Crippen molar-refractivity contribution in [2.24, 2.45) is 11.8 Å². The van der Waals surface area contributed by atoms with Crippen LogP contribution in [0.3, 0.4) is 0 Å². The largest absolute Gasteiger partial charge is 0.306 e. The molecular formula is C16H28N2S. The Kier molecular flexibility index (Phi) is 4.08. The van der Waals surface area contributed by atoms with Crippen LogP contribution in [-0.2, 0) is 11.0 Å². The van der Waals surface area contributed by atoms with E-state index in [1.807, 2.05) is 11.3 Å². The fraction of sp³-hybridized carbons (Fsp3) is 0.812. The molecule has 0 amide bonds. The summed E-state index contributed by atoms with van der Waals surface area (Å²) >= 11 is 1.84. The molecule has 0 aromatic carbocycles. The molecule has 19 heavy (non-hydrogen) atoms. The molecule has 1 fully saturated rings. The normalized spacial score (nSPS) is 27.6. The molecule has 0 radical (unpaired) electrons. The molecule has 0 saturated heterocycles. The van der Waals surface area contributed by atoms with E-state index in [2.05, 4.69) is 52.2 Å². The molecule has 0 aliphatic heterocycles. The van der Waals surface area contributed by atoms with E-state index in [0.29, 0.717) is 0 Å². The van der Waals surface area contributed by atoms with Gasteiger partial charge in [0.05, 0.1) is 11.2 Å². The minimum atomic E-state index is 0.156. The van der Waals surface area contributed by atoms with E-state index in [4.69, 9.17) is 4.98 Å². The highest BCUT2D eigenvalue weighted by molar-refractivity contribution is 7.09. The van der Waals surface area contributed by atoms with Gasteiger partial charge in [0, 0.05) is 10.8 Å². The lowest BCUT2D eigenvalue weighted by atomic mass is 9.64. The highest BCUT2D eigenvalue weighted by Crippen LogP contribution is 2.49. The summed E-state index contributed by atoms with van der Waals surface area (Å²) in [6, 6.07) is 0. The van der Waals surface area contributed by atoms with Gasteiger partial charge in [0.2, 0.25) is 0 Å². The first-order chi connectivity index (χ1) is 8.78. The number of hydrogen-bond acceptors (Lipinski definition) is 3. The van der Waals surface area contributed by atoms with Crippen LogP contribution in [0.5, 0.6) is 0 Å². The summed E-state index contributed by atoms with van der Waals surface area (Å²) in [5, 5.41) is 7.26. The van der Waals surface area contributed by atoms with Gasteiger partial charge >= 0.3 is 0 Å². The van der Waals surface area contributed by atoms with Crippen LogP contribution in [-0.4, -0.2) is 11.5 Å². The molecule has 108 valence electrons. The SMILES string of the molecule is CCNC1(c2nc(C(C)(C)C)cs2)CC(C(C)C)C1. The summed E-state index contributed by atoms with van der Waals surface area (Å²) in [4.78, 5) is 4.94. The predicted octanol–water partition coefficient (Wildman–Crippen LogP) is 4.31. The maximum atomic E-state index is 4.94. The molecule has 0 bridgehead atoms. The molecule has 1 aliphatic carbocycles. The highest BCUT2D eigenvalue weighted by atomic mass is 32.1. The topological polar surface area (TPSA) is 24.9 Å². The minimum Gasteiger partial charge on any atom is -0.306 e. The van der Waals surface area contributed by atoms with E-state index < -0.39 is 0 Å². The van der Waals surface area contributed by atoms with Crippen molar-refractivity contribution in [2.75, 3.05) is 6.54 Å². The molecular weight excluding hydrogens is 252 g/mol. The van der Waals surface area contributed by atoms with Crippen molar-refractivity contribution in [1.82, 2.24) is 10.3 Å². The van der Waals surface area contributed by atoms with Gasteiger partial charge in [0.1, 0.15) is 5.01 Å². The van der Waals surface area contributed by atoms with Gasteiger partial charge in [0.25, 0.3) is 0 Å². The van der Waals surface area contributed by atoms with Crippen LogP contribution in [0.2, 0.25) is 0 Å². The first kappa shape index (κ1) is 15.0. The second kappa shape index (κ2) is 5.17. The molecule has 1 aromatic rings. The Morgan fingerprint density at radius 2 is 2.05 bits per heavy atom. The molecule has 1 aliphatic rings. The summed E-state index contributed by atoms with van der Waals surface area (Å²) in [6.07, 6.45) is 2.49. The molecule has 1 saturated carbocycles. The Morgan fingerprint density at radius 3 is 2.47 bits per heavy atom. The number of nitrogens with one attached hydrogen (secondary N) is 1. The number of aromatic nitrogens is 1. The third kappa shape index (κ3) is 2.87.